The molecule has 0 amide bonds. The lowest BCUT2D eigenvalue weighted by molar-refractivity contribution is 0.793. The fraction of sp³-hybridized carbons (Fsp3) is 0.0154. The summed E-state index contributed by atoms with van der Waals surface area (Å²) in [7, 11) is 0. The van der Waals surface area contributed by atoms with Crippen molar-refractivity contribution in [1.82, 2.24) is 4.57 Å². The monoisotopic (exact) mass is 850 g/mol. The highest BCUT2D eigenvalue weighted by atomic mass is 15.1. The molecule has 0 radical (unpaired) electrons. The summed E-state index contributed by atoms with van der Waals surface area (Å²) in [4.78, 5) is 2.44. The van der Waals surface area contributed by atoms with Gasteiger partial charge in [0.15, 0.2) is 0 Å². The van der Waals surface area contributed by atoms with Crippen molar-refractivity contribution >= 4 is 49.6 Å². The van der Waals surface area contributed by atoms with E-state index in [1.165, 1.54) is 105 Å². The van der Waals surface area contributed by atoms with Crippen molar-refractivity contribution in [3.8, 4) is 50.2 Å². The van der Waals surface area contributed by atoms with E-state index in [9.17, 15) is 0 Å². The Labute approximate surface area is 389 Å². The molecule has 0 saturated carbocycles. The van der Waals surface area contributed by atoms with E-state index in [1.807, 2.05) is 0 Å². The van der Waals surface area contributed by atoms with Crippen molar-refractivity contribution in [2.24, 2.45) is 0 Å². The Morgan fingerprint density at radius 2 is 0.806 bits per heavy atom. The first-order chi connectivity index (χ1) is 33.2. The zero-order valence-corrected chi connectivity index (χ0v) is 36.6. The molecule has 0 bridgehead atoms. The summed E-state index contributed by atoms with van der Waals surface area (Å²) in [6.07, 6.45) is 0. The molecular formula is C65H42N2. The average Bonchev–Trinajstić information content (AvgIpc) is 4.01. The molecule has 67 heavy (non-hydrogen) atoms. The number of para-hydroxylation sites is 2. The number of benzene rings is 11. The van der Waals surface area contributed by atoms with Gasteiger partial charge in [-0.15, -0.1) is 0 Å². The minimum atomic E-state index is -0.428. The fourth-order valence-electron chi connectivity index (χ4n) is 11.7. The molecule has 2 aliphatic carbocycles. The van der Waals surface area contributed by atoms with Gasteiger partial charge in [0, 0.05) is 33.5 Å². The first-order valence-electron chi connectivity index (χ1n) is 23.2. The number of anilines is 3. The lowest BCUT2D eigenvalue weighted by Gasteiger charge is -2.32. The molecule has 11 aromatic carbocycles. The largest absolute Gasteiger partial charge is 0.310 e. The molecule has 2 nitrogen and oxygen atoms in total. The lowest BCUT2D eigenvalue weighted by atomic mass is 9.70. The van der Waals surface area contributed by atoms with Crippen LogP contribution in [0, 0.1) is 0 Å². The molecule has 12 aromatic rings. The maximum atomic E-state index is 2.48. The third-order valence-corrected chi connectivity index (χ3v) is 14.6. The zero-order chi connectivity index (χ0) is 44.1. The summed E-state index contributed by atoms with van der Waals surface area (Å²) in [6, 6.07) is 94.3. The number of fused-ring (bicyclic) bond motifs is 14. The number of hydrogen-bond donors (Lipinski definition) is 0. The predicted molar refractivity (Wildman–Crippen MR) is 280 cm³/mol. The second-order valence-electron chi connectivity index (χ2n) is 18.0. The van der Waals surface area contributed by atoms with Gasteiger partial charge in [-0.25, -0.2) is 0 Å². The van der Waals surface area contributed by atoms with E-state index < -0.39 is 5.41 Å². The fourth-order valence-corrected chi connectivity index (χ4v) is 11.7. The van der Waals surface area contributed by atoms with Crippen LogP contribution < -0.4 is 4.90 Å². The van der Waals surface area contributed by atoms with Gasteiger partial charge in [0.05, 0.1) is 16.4 Å². The maximum Gasteiger partial charge on any atom is 0.0726 e. The predicted octanol–water partition coefficient (Wildman–Crippen LogP) is 17.1. The van der Waals surface area contributed by atoms with Crippen molar-refractivity contribution < 1.29 is 0 Å². The van der Waals surface area contributed by atoms with Gasteiger partial charge >= 0.3 is 0 Å². The Morgan fingerprint density at radius 1 is 0.284 bits per heavy atom. The van der Waals surface area contributed by atoms with Crippen molar-refractivity contribution in [3.63, 3.8) is 0 Å². The van der Waals surface area contributed by atoms with Crippen LogP contribution in [0.15, 0.2) is 255 Å². The first-order valence-corrected chi connectivity index (χ1v) is 23.2. The molecule has 0 fully saturated rings. The molecule has 2 aliphatic rings. The van der Waals surface area contributed by atoms with Crippen molar-refractivity contribution in [1.29, 1.82) is 0 Å². The molecule has 1 heterocycles. The van der Waals surface area contributed by atoms with Crippen LogP contribution in [-0.2, 0) is 5.41 Å². The lowest BCUT2D eigenvalue weighted by Crippen LogP contribution is -2.26. The third-order valence-electron chi connectivity index (χ3n) is 14.6. The van der Waals surface area contributed by atoms with Gasteiger partial charge in [-0.2, -0.15) is 0 Å². The summed E-state index contributed by atoms with van der Waals surface area (Å²) in [5.74, 6) is 0. The van der Waals surface area contributed by atoms with Crippen LogP contribution in [0.25, 0.3) is 82.8 Å². The van der Waals surface area contributed by atoms with Crippen LogP contribution in [0.4, 0.5) is 17.1 Å². The van der Waals surface area contributed by atoms with Crippen LogP contribution in [0.5, 0.6) is 0 Å². The Kier molecular flexibility index (Phi) is 8.23. The molecule has 312 valence electrons. The highest BCUT2D eigenvalue weighted by molar-refractivity contribution is 6.10. The highest BCUT2D eigenvalue weighted by Crippen LogP contribution is 2.63. The van der Waals surface area contributed by atoms with Gasteiger partial charge < -0.3 is 9.47 Å². The van der Waals surface area contributed by atoms with Gasteiger partial charge in [0.2, 0.25) is 0 Å². The molecule has 1 aromatic heterocycles. The Hall–Kier alpha value is -8.72. The van der Waals surface area contributed by atoms with Crippen LogP contribution in [0.1, 0.15) is 22.3 Å². The normalized spacial score (nSPS) is 12.9. The maximum absolute atomic E-state index is 2.48. The quantitative estimate of drug-likeness (QED) is 0.162. The molecule has 0 N–H and O–H groups in total. The molecule has 0 atom stereocenters. The molecule has 1 spiro atoms. The van der Waals surface area contributed by atoms with Crippen molar-refractivity contribution in [2.75, 3.05) is 4.90 Å². The zero-order valence-electron chi connectivity index (χ0n) is 36.6. The first kappa shape index (κ1) is 37.6. The standard InChI is InChI=1S/C65H42N2/c1-2-19-49(20-3-1)67-63-28-13-9-24-57(63)58-41-48(32-38-64(58)67)46-18-14-17-45(39-46)44-29-33-50(34-30-44)66(51-35-31-43-15-4-5-16-47(43)40-51)52-36-37-56-55-23-8-12-27-61(55)65(62(56)42-52)59-25-10-6-21-53(59)54-22-7-11-26-60(54)65/h1-42H. The Bertz CT molecular complexity index is 3870. The summed E-state index contributed by atoms with van der Waals surface area (Å²) in [5.41, 5.74) is 21.9. The molecule has 14 rings (SSSR count). The van der Waals surface area contributed by atoms with Crippen molar-refractivity contribution in [2.45, 2.75) is 5.41 Å². The second-order valence-corrected chi connectivity index (χ2v) is 18.0. The smallest absolute Gasteiger partial charge is 0.0726 e. The SMILES string of the molecule is c1ccc(-n2c3ccccc3c3cc(-c4cccc(-c5ccc(N(c6ccc7c(c6)C6(c8ccccc8-c8ccccc86)c6ccccc6-7)c6ccc7ccccc7c6)cc5)c4)ccc32)cc1. The van der Waals surface area contributed by atoms with E-state index >= 15 is 0 Å². The Balaban J connectivity index is 0.888. The summed E-state index contributed by atoms with van der Waals surface area (Å²) in [5, 5.41) is 4.95. The van der Waals surface area contributed by atoms with Crippen LogP contribution >= 0.6 is 0 Å². The minimum absolute atomic E-state index is 0.428. The molecule has 0 aliphatic heterocycles. The number of nitrogens with zero attached hydrogens (tertiary/aromatic N) is 2. The van der Waals surface area contributed by atoms with Crippen LogP contribution in [0.2, 0.25) is 0 Å². The van der Waals surface area contributed by atoms with Crippen LogP contribution in [-0.4, -0.2) is 4.57 Å². The molecule has 0 unspecified atom stereocenters. The minimum Gasteiger partial charge on any atom is -0.310 e. The third kappa shape index (κ3) is 5.57. The van der Waals surface area contributed by atoms with Crippen molar-refractivity contribution in [3.05, 3.63) is 277 Å². The molecule has 2 heteroatoms. The van der Waals surface area contributed by atoms with E-state index in [4.69, 9.17) is 0 Å². The molecule has 0 saturated heterocycles. The average molecular weight is 851 g/mol. The summed E-state index contributed by atoms with van der Waals surface area (Å²) < 4.78 is 2.38. The van der Waals surface area contributed by atoms with E-state index in [2.05, 4.69) is 264 Å². The van der Waals surface area contributed by atoms with Gasteiger partial charge in [0.25, 0.3) is 0 Å². The van der Waals surface area contributed by atoms with E-state index in [1.54, 1.807) is 0 Å². The summed E-state index contributed by atoms with van der Waals surface area (Å²) >= 11 is 0. The van der Waals surface area contributed by atoms with Gasteiger partial charge in [-0.05, 0) is 150 Å². The highest BCUT2D eigenvalue weighted by Gasteiger charge is 2.51. The van der Waals surface area contributed by atoms with E-state index in [0.29, 0.717) is 0 Å². The van der Waals surface area contributed by atoms with Crippen LogP contribution in [0.3, 0.4) is 0 Å². The summed E-state index contributed by atoms with van der Waals surface area (Å²) in [6.45, 7) is 0. The van der Waals surface area contributed by atoms with Gasteiger partial charge in [-0.1, -0.05) is 182 Å². The van der Waals surface area contributed by atoms with E-state index in [-0.39, 0.29) is 0 Å². The van der Waals surface area contributed by atoms with E-state index in [0.717, 1.165) is 17.1 Å². The second kappa shape index (κ2) is 14.7. The van der Waals surface area contributed by atoms with Gasteiger partial charge in [0.1, 0.15) is 0 Å². The molecular weight excluding hydrogens is 809 g/mol. The topological polar surface area (TPSA) is 8.17 Å². The number of aromatic nitrogens is 1. The Morgan fingerprint density at radius 3 is 1.54 bits per heavy atom. The number of hydrogen-bond acceptors (Lipinski definition) is 1. The van der Waals surface area contributed by atoms with Gasteiger partial charge in [-0.3, -0.25) is 0 Å². The number of rotatable bonds is 6.